The molecule has 4 nitrogen and oxygen atoms in total. The molecule has 27 heavy (non-hydrogen) atoms. The van der Waals surface area contributed by atoms with Gasteiger partial charge in [-0.2, -0.15) is 0 Å². The molecule has 0 aliphatic rings. The number of aryl methyl sites for hydroxylation is 1. The molecule has 0 heterocycles. The largest absolute Gasteiger partial charge is 0.480 e. The maximum atomic E-state index is 11.7. The van der Waals surface area contributed by atoms with Gasteiger partial charge in [0.25, 0.3) is 0 Å². The monoisotopic (exact) mass is 361 g/mol. The van der Waals surface area contributed by atoms with Crippen LogP contribution in [0.15, 0.2) is 84.9 Å². The van der Waals surface area contributed by atoms with Crippen LogP contribution in [-0.2, 0) is 10.3 Å². The molecule has 3 N–H and O–H groups in total. The Morgan fingerprint density at radius 3 is 1.85 bits per heavy atom. The Hall–Kier alpha value is -2.95. The van der Waals surface area contributed by atoms with Crippen LogP contribution in [0, 0.1) is 6.92 Å². The summed E-state index contributed by atoms with van der Waals surface area (Å²) in [6.45, 7) is 1.49. The first kappa shape index (κ1) is 18.8. The van der Waals surface area contributed by atoms with Crippen LogP contribution in [0.2, 0.25) is 0 Å². The number of aliphatic carboxylic acids is 1. The summed E-state index contributed by atoms with van der Waals surface area (Å²) in [5.41, 5.74) is 2.88. The second-order valence-electron chi connectivity index (χ2n) is 6.57. The normalized spacial score (nSPS) is 12.5. The molecule has 0 amide bonds. The SMILES string of the molecule is Cc1cccc(C(NC(CO)C(=O)O)(c2ccccc2)c2ccccc2)c1. The van der Waals surface area contributed by atoms with Crippen LogP contribution >= 0.6 is 0 Å². The van der Waals surface area contributed by atoms with Crippen LogP contribution in [0.4, 0.5) is 0 Å². The molecular weight excluding hydrogens is 338 g/mol. The molecule has 3 rings (SSSR count). The van der Waals surface area contributed by atoms with Crippen molar-refractivity contribution >= 4 is 5.97 Å². The van der Waals surface area contributed by atoms with Crippen molar-refractivity contribution in [3.8, 4) is 0 Å². The third kappa shape index (κ3) is 3.77. The van der Waals surface area contributed by atoms with Crippen molar-refractivity contribution in [2.24, 2.45) is 0 Å². The number of rotatable bonds is 7. The van der Waals surface area contributed by atoms with Crippen LogP contribution in [0.5, 0.6) is 0 Å². The molecule has 3 aromatic rings. The average Bonchev–Trinajstić information content (AvgIpc) is 2.70. The first-order chi connectivity index (χ1) is 13.1. The number of nitrogens with one attached hydrogen (secondary N) is 1. The van der Waals surface area contributed by atoms with Crippen molar-refractivity contribution in [3.05, 3.63) is 107 Å². The summed E-state index contributed by atoms with van der Waals surface area (Å²) < 4.78 is 0. The number of hydrogen-bond donors (Lipinski definition) is 3. The molecule has 0 fully saturated rings. The molecule has 3 aromatic carbocycles. The predicted octanol–water partition coefficient (Wildman–Crippen LogP) is 3.32. The van der Waals surface area contributed by atoms with Crippen molar-refractivity contribution < 1.29 is 15.0 Å². The summed E-state index contributed by atoms with van der Waals surface area (Å²) in [6, 6.07) is 26.3. The molecule has 4 heteroatoms. The highest BCUT2D eigenvalue weighted by Crippen LogP contribution is 2.37. The predicted molar refractivity (Wildman–Crippen MR) is 106 cm³/mol. The molecule has 0 bridgehead atoms. The first-order valence-electron chi connectivity index (χ1n) is 8.87. The zero-order valence-electron chi connectivity index (χ0n) is 15.2. The van der Waals surface area contributed by atoms with Gasteiger partial charge in [-0.3, -0.25) is 10.1 Å². The zero-order chi connectivity index (χ0) is 19.3. The van der Waals surface area contributed by atoms with Gasteiger partial charge in [-0.05, 0) is 23.6 Å². The fourth-order valence-corrected chi connectivity index (χ4v) is 3.45. The Morgan fingerprint density at radius 1 is 0.889 bits per heavy atom. The van der Waals surface area contributed by atoms with E-state index in [-0.39, 0.29) is 0 Å². The minimum absolute atomic E-state index is 0.511. The van der Waals surface area contributed by atoms with Gasteiger partial charge in [-0.25, -0.2) is 0 Å². The van der Waals surface area contributed by atoms with Crippen molar-refractivity contribution in [1.29, 1.82) is 0 Å². The highest BCUT2D eigenvalue weighted by Gasteiger charge is 2.39. The minimum Gasteiger partial charge on any atom is -0.480 e. The van der Waals surface area contributed by atoms with E-state index >= 15 is 0 Å². The standard InChI is InChI=1S/C23H23NO3/c1-17-9-8-14-20(15-17)23(18-10-4-2-5-11-18,19-12-6-3-7-13-19)24-21(16-25)22(26)27/h2-15,21,24-25H,16H2,1H3,(H,26,27). The van der Waals surface area contributed by atoms with Gasteiger partial charge in [0.05, 0.1) is 12.1 Å². The second-order valence-corrected chi connectivity index (χ2v) is 6.57. The van der Waals surface area contributed by atoms with E-state index in [0.717, 1.165) is 22.3 Å². The van der Waals surface area contributed by atoms with Gasteiger partial charge in [-0.1, -0.05) is 90.5 Å². The Labute approximate surface area is 159 Å². The first-order valence-corrected chi connectivity index (χ1v) is 8.87. The van der Waals surface area contributed by atoms with Crippen molar-refractivity contribution in [3.63, 3.8) is 0 Å². The van der Waals surface area contributed by atoms with Gasteiger partial charge in [0.15, 0.2) is 0 Å². The number of carbonyl (C=O) groups is 1. The smallest absolute Gasteiger partial charge is 0.323 e. The maximum Gasteiger partial charge on any atom is 0.323 e. The van der Waals surface area contributed by atoms with Crippen LogP contribution in [0.25, 0.3) is 0 Å². The quantitative estimate of drug-likeness (QED) is 0.565. The van der Waals surface area contributed by atoms with E-state index < -0.39 is 24.2 Å². The van der Waals surface area contributed by atoms with E-state index in [1.807, 2.05) is 91.9 Å². The molecule has 0 saturated heterocycles. The molecular formula is C23H23NO3. The number of aliphatic hydroxyl groups is 1. The van der Waals surface area contributed by atoms with Crippen LogP contribution < -0.4 is 5.32 Å². The topological polar surface area (TPSA) is 69.6 Å². The highest BCUT2D eigenvalue weighted by molar-refractivity contribution is 5.74. The van der Waals surface area contributed by atoms with E-state index in [9.17, 15) is 15.0 Å². The molecule has 0 aliphatic heterocycles. The molecule has 138 valence electrons. The molecule has 0 radical (unpaired) electrons. The summed E-state index contributed by atoms with van der Waals surface area (Å²) in [4.78, 5) is 11.7. The Balaban J connectivity index is 2.32. The van der Waals surface area contributed by atoms with E-state index in [0.29, 0.717) is 0 Å². The third-order valence-corrected chi connectivity index (χ3v) is 4.74. The fourth-order valence-electron chi connectivity index (χ4n) is 3.45. The summed E-state index contributed by atoms with van der Waals surface area (Å²) in [5.74, 6) is -1.10. The summed E-state index contributed by atoms with van der Waals surface area (Å²) >= 11 is 0. The summed E-state index contributed by atoms with van der Waals surface area (Å²) in [7, 11) is 0. The molecule has 0 aromatic heterocycles. The number of hydrogen-bond acceptors (Lipinski definition) is 3. The van der Waals surface area contributed by atoms with Crippen LogP contribution in [0.3, 0.4) is 0 Å². The third-order valence-electron chi connectivity index (χ3n) is 4.74. The highest BCUT2D eigenvalue weighted by atomic mass is 16.4. The van der Waals surface area contributed by atoms with Gasteiger partial charge < -0.3 is 10.2 Å². The lowest BCUT2D eigenvalue weighted by Crippen LogP contribution is -2.54. The van der Waals surface area contributed by atoms with Gasteiger partial charge in [0, 0.05) is 0 Å². The van der Waals surface area contributed by atoms with E-state index in [4.69, 9.17) is 0 Å². The van der Waals surface area contributed by atoms with Gasteiger partial charge in [0.1, 0.15) is 6.04 Å². The molecule has 0 saturated carbocycles. The van der Waals surface area contributed by atoms with Crippen molar-refractivity contribution in [2.45, 2.75) is 18.5 Å². The fraction of sp³-hybridized carbons (Fsp3) is 0.174. The van der Waals surface area contributed by atoms with Crippen LogP contribution in [0.1, 0.15) is 22.3 Å². The summed E-state index contributed by atoms with van der Waals surface area (Å²) in [6.07, 6.45) is 0. The Kier molecular flexibility index (Phi) is 5.69. The average molecular weight is 361 g/mol. The van der Waals surface area contributed by atoms with Crippen molar-refractivity contribution in [1.82, 2.24) is 5.32 Å². The number of carboxylic acid groups (broad SMARTS) is 1. The molecule has 1 unspecified atom stereocenters. The second kappa shape index (κ2) is 8.16. The minimum atomic E-state index is -1.12. The molecule has 0 spiro atoms. The Morgan fingerprint density at radius 2 is 1.41 bits per heavy atom. The van der Waals surface area contributed by atoms with E-state index in [1.54, 1.807) is 0 Å². The van der Waals surface area contributed by atoms with Crippen molar-refractivity contribution in [2.75, 3.05) is 6.61 Å². The lowest BCUT2D eigenvalue weighted by Gasteiger charge is -2.39. The number of aliphatic hydroxyl groups excluding tert-OH is 1. The van der Waals surface area contributed by atoms with E-state index in [1.165, 1.54) is 0 Å². The summed E-state index contributed by atoms with van der Waals surface area (Å²) in [5, 5.41) is 22.6. The molecule has 0 aliphatic carbocycles. The van der Waals surface area contributed by atoms with Gasteiger partial charge >= 0.3 is 5.97 Å². The number of benzene rings is 3. The Bertz CT molecular complexity index is 854. The maximum absolute atomic E-state index is 11.7. The van der Waals surface area contributed by atoms with E-state index in [2.05, 4.69) is 5.32 Å². The zero-order valence-corrected chi connectivity index (χ0v) is 15.2. The lowest BCUT2D eigenvalue weighted by molar-refractivity contribution is -0.141. The lowest BCUT2D eigenvalue weighted by atomic mass is 9.76. The van der Waals surface area contributed by atoms with Gasteiger partial charge in [-0.15, -0.1) is 0 Å². The van der Waals surface area contributed by atoms with Crippen LogP contribution in [-0.4, -0.2) is 28.8 Å². The molecule has 1 atom stereocenters. The van der Waals surface area contributed by atoms with Gasteiger partial charge in [0.2, 0.25) is 0 Å². The number of carboxylic acids is 1.